The maximum Gasteiger partial charge on any atom is 0.277 e. The lowest BCUT2D eigenvalue weighted by molar-refractivity contribution is -0.123. The van der Waals surface area contributed by atoms with Gasteiger partial charge in [0.05, 0.1) is 23.4 Å². The Bertz CT molecular complexity index is 1410. The molecular weight excluding hydrogens is 454 g/mol. The number of ether oxygens (including phenoxy) is 1. The highest BCUT2D eigenvalue weighted by Crippen LogP contribution is 2.20. The molecule has 0 aliphatic heterocycles. The van der Waals surface area contributed by atoms with E-state index in [0.717, 1.165) is 10.8 Å². The molecule has 1 heterocycles. The molecule has 34 heavy (non-hydrogen) atoms. The number of hydrazone groups is 1. The lowest BCUT2D eigenvalue weighted by Gasteiger charge is -2.08. The number of carbonyl (C=O) groups is 1. The third kappa shape index (κ3) is 5.89. The highest BCUT2D eigenvalue weighted by molar-refractivity contribution is 7.89. The zero-order valence-electron chi connectivity index (χ0n) is 18.4. The minimum absolute atomic E-state index is 0.0604. The second kappa shape index (κ2) is 10.3. The van der Waals surface area contributed by atoms with Gasteiger partial charge in [0.25, 0.3) is 5.91 Å². The van der Waals surface area contributed by atoms with Crippen LogP contribution in [0.15, 0.2) is 99.5 Å². The number of amides is 1. The third-order valence-corrected chi connectivity index (χ3v) is 6.46. The minimum atomic E-state index is -3.69. The van der Waals surface area contributed by atoms with E-state index in [1.165, 1.54) is 18.4 Å². The summed E-state index contributed by atoms with van der Waals surface area (Å²) in [7, 11) is -3.69. The van der Waals surface area contributed by atoms with E-state index < -0.39 is 15.9 Å². The Morgan fingerprint density at radius 3 is 2.47 bits per heavy atom. The summed E-state index contributed by atoms with van der Waals surface area (Å²) in [5, 5.41) is 6.19. The van der Waals surface area contributed by atoms with E-state index in [4.69, 9.17) is 9.15 Å². The molecule has 0 spiro atoms. The van der Waals surface area contributed by atoms with Crippen LogP contribution < -0.4 is 14.9 Å². The van der Waals surface area contributed by atoms with Crippen molar-refractivity contribution in [3.8, 4) is 5.75 Å². The predicted octanol–water partition coefficient (Wildman–Crippen LogP) is 3.83. The van der Waals surface area contributed by atoms with E-state index in [1.54, 1.807) is 31.2 Å². The van der Waals surface area contributed by atoms with Gasteiger partial charge in [0, 0.05) is 0 Å². The Kier molecular flexibility index (Phi) is 7.05. The van der Waals surface area contributed by atoms with Crippen molar-refractivity contribution in [3.05, 3.63) is 96.4 Å². The van der Waals surface area contributed by atoms with Crippen molar-refractivity contribution >= 4 is 32.4 Å². The maximum absolute atomic E-state index is 12.4. The van der Waals surface area contributed by atoms with Crippen LogP contribution in [-0.2, 0) is 21.4 Å². The summed E-state index contributed by atoms with van der Waals surface area (Å²) in [6.45, 7) is 1.58. The molecular formula is C25H23N3O5S. The number of nitrogens with zero attached hydrogens (tertiary/aromatic N) is 1. The fourth-order valence-corrected chi connectivity index (χ4v) is 4.18. The molecule has 0 bridgehead atoms. The fourth-order valence-electron chi connectivity index (χ4n) is 3.19. The van der Waals surface area contributed by atoms with Gasteiger partial charge >= 0.3 is 0 Å². The van der Waals surface area contributed by atoms with Crippen LogP contribution in [0, 0.1) is 0 Å². The summed E-state index contributed by atoms with van der Waals surface area (Å²) < 4.78 is 38.0. The number of fused-ring (bicyclic) bond motifs is 1. The SMILES string of the molecule is C/C(=N\NC(=O)COc1ccc2ccccc2c1)c1ccc(S(=O)(=O)NCc2ccco2)cc1. The number of sulfonamides is 1. The smallest absolute Gasteiger partial charge is 0.277 e. The summed E-state index contributed by atoms with van der Waals surface area (Å²) in [6.07, 6.45) is 1.48. The van der Waals surface area contributed by atoms with Gasteiger partial charge in [-0.2, -0.15) is 5.10 Å². The highest BCUT2D eigenvalue weighted by atomic mass is 32.2. The standard InChI is InChI=1S/C25H23N3O5S/c1-18(19-9-12-24(13-10-19)34(30,31)26-16-23-7-4-14-32-23)27-28-25(29)17-33-22-11-8-20-5-2-3-6-21(20)15-22/h2-15,26H,16-17H2,1H3,(H,28,29)/b27-18+. The van der Waals surface area contributed by atoms with Gasteiger partial charge in [-0.3, -0.25) is 4.79 Å². The molecule has 174 valence electrons. The quantitative estimate of drug-likeness (QED) is 0.281. The molecule has 0 aliphatic rings. The van der Waals surface area contributed by atoms with E-state index in [0.29, 0.717) is 22.8 Å². The molecule has 2 N–H and O–H groups in total. The topological polar surface area (TPSA) is 110 Å². The van der Waals surface area contributed by atoms with Crippen molar-refractivity contribution in [2.45, 2.75) is 18.4 Å². The molecule has 0 saturated carbocycles. The van der Waals surface area contributed by atoms with Crippen molar-refractivity contribution < 1.29 is 22.4 Å². The number of benzene rings is 3. The summed E-state index contributed by atoms with van der Waals surface area (Å²) in [6, 6.07) is 23.1. The zero-order valence-corrected chi connectivity index (χ0v) is 19.2. The molecule has 4 rings (SSSR count). The Hall–Kier alpha value is -3.95. The lowest BCUT2D eigenvalue weighted by Crippen LogP contribution is -2.25. The Balaban J connectivity index is 1.31. The first-order valence-corrected chi connectivity index (χ1v) is 12.0. The van der Waals surface area contributed by atoms with Crippen LogP contribution in [0.4, 0.5) is 0 Å². The molecule has 0 saturated heterocycles. The summed E-state index contributed by atoms with van der Waals surface area (Å²) in [5.41, 5.74) is 3.64. The van der Waals surface area contributed by atoms with Crippen molar-refractivity contribution in [1.29, 1.82) is 0 Å². The predicted molar refractivity (Wildman–Crippen MR) is 129 cm³/mol. The molecule has 3 aromatic carbocycles. The molecule has 4 aromatic rings. The van der Waals surface area contributed by atoms with Gasteiger partial charge in [0.15, 0.2) is 6.61 Å². The van der Waals surface area contributed by atoms with Gasteiger partial charge in [-0.15, -0.1) is 0 Å². The van der Waals surface area contributed by atoms with E-state index in [2.05, 4.69) is 15.2 Å². The molecule has 0 radical (unpaired) electrons. The molecule has 0 unspecified atom stereocenters. The van der Waals surface area contributed by atoms with E-state index >= 15 is 0 Å². The van der Waals surface area contributed by atoms with Gasteiger partial charge in [0.1, 0.15) is 11.5 Å². The maximum atomic E-state index is 12.4. The Labute approximate surface area is 197 Å². The Morgan fingerprint density at radius 1 is 0.971 bits per heavy atom. The average molecular weight is 478 g/mol. The van der Waals surface area contributed by atoms with E-state index in [-0.39, 0.29) is 18.0 Å². The number of hydrogen-bond acceptors (Lipinski definition) is 6. The second-order valence-corrected chi connectivity index (χ2v) is 9.23. The van der Waals surface area contributed by atoms with Gasteiger partial charge < -0.3 is 9.15 Å². The van der Waals surface area contributed by atoms with Crippen molar-refractivity contribution in [3.63, 3.8) is 0 Å². The van der Waals surface area contributed by atoms with Crippen LogP contribution in [-0.4, -0.2) is 26.6 Å². The van der Waals surface area contributed by atoms with Crippen molar-refractivity contribution in [2.75, 3.05) is 6.61 Å². The van der Waals surface area contributed by atoms with Crippen LogP contribution in [0.1, 0.15) is 18.2 Å². The highest BCUT2D eigenvalue weighted by Gasteiger charge is 2.14. The number of carbonyl (C=O) groups excluding carboxylic acids is 1. The Morgan fingerprint density at radius 2 is 1.74 bits per heavy atom. The van der Waals surface area contributed by atoms with Crippen LogP contribution in [0.2, 0.25) is 0 Å². The van der Waals surface area contributed by atoms with E-state index in [1.807, 2.05) is 42.5 Å². The molecule has 0 atom stereocenters. The van der Waals surface area contributed by atoms with Crippen LogP contribution >= 0.6 is 0 Å². The summed E-state index contributed by atoms with van der Waals surface area (Å²) >= 11 is 0. The molecule has 1 amide bonds. The second-order valence-electron chi connectivity index (χ2n) is 7.46. The number of rotatable bonds is 9. The zero-order chi connectivity index (χ0) is 24.0. The first kappa shape index (κ1) is 23.2. The largest absolute Gasteiger partial charge is 0.484 e. The molecule has 0 aliphatic carbocycles. The van der Waals surface area contributed by atoms with E-state index in [9.17, 15) is 13.2 Å². The molecule has 8 nitrogen and oxygen atoms in total. The van der Waals surface area contributed by atoms with Crippen molar-refractivity contribution in [1.82, 2.24) is 10.1 Å². The van der Waals surface area contributed by atoms with Gasteiger partial charge in [-0.25, -0.2) is 18.6 Å². The minimum Gasteiger partial charge on any atom is -0.484 e. The molecule has 0 fully saturated rings. The number of hydrogen-bond donors (Lipinski definition) is 2. The van der Waals surface area contributed by atoms with Crippen LogP contribution in [0.25, 0.3) is 10.8 Å². The number of nitrogens with one attached hydrogen (secondary N) is 2. The monoisotopic (exact) mass is 477 g/mol. The summed E-state index contributed by atoms with van der Waals surface area (Å²) in [5.74, 6) is 0.698. The van der Waals surface area contributed by atoms with Crippen LogP contribution in [0.3, 0.4) is 0 Å². The number of furan rings is 1. The first-order chi connectivity index (χ1) is 16.4. The van der Waals surface area contributed by atoms with Gasteiger partial charge in [0.2, 0.25) is 10.0 Å². The van der Waals surface area contributed by atoms with Gasteiger partial charge in [-0.1, -0.05) is 42.5 Å². The molecule has 1 aromatic heterocycles. The van der Waals surface area contributed by atoms with Gasteiger partial charge in [-0.05, 0) is 59.7 Å². The van der Waals surface area contributed by atoms with Crippen LogP contribution in [0.5, 0.6) is 5.75 Å². The lowest BCUT2D eigenvalue weighted by atomic mass is 10.1. The third-order valence-electron chi connectivity index (χ3n) is 5.04. The average Bonchev–Trinajstić information content (AvgIpc) is 3.39. The normalized spacial score (nSPS) is 12.0. The summed E-state index contributed by atoms with van der Waals surface area (Å²) in [4.78, 5) is 12.2. The first-order valence-electron chi connectivity index (χ1n) is 10.5. The molecule has 9 heteroatoms. The fraction of sp³-hybridized carbons (Fsp3) is 0.120. The van der Waals surface area contributed by atoms with Crippen molar-refractivity contribution in [2.24, 2.45) is 5.10 Å².